The van der Waals surface area contributed by atoms with Gasteiger partial charge in [-0.3, -0.25) is 14.2 Å². The Labute approximate surface area is 214 Å². The molecule has 0 fully saturated rings. The summed E-state index contributed by atoms with van der Waals surface area (Å²) in [7, 11) is -5.57. The smallest absolute Gasteiger partial charge is 0.347 e. The van der Waals surface area contributed by atoms with Gasteiger partial charge in [-0.25, -0.2) is 13.7 Å². The summed E-state index contributed by atoms with van der Waals surface area (Å²) in [5, 5.41) is 7.90. The summed E-state index contributed by atoms with van der Waals surface area (Å²) in [5.74, 6) is -1.18. The molecule has 15 heteroatoms. The molecule has 3 heterocycles. The number of nitrogens with one attached hydrogen (secondary N) is 1. The number of nitrogens with zero attached hydrogens (tertiary/aromatic N) is 5. The zero-order valence-electron chi connectivity index (χ0n) is 19.6. The predicted molar refractivity (Wildman–Crippen MR) is 129 cm³/mol. The molecular formula is C22H21ClF4N6O3S. The Morgan fingerprint density at radius 2 is 1.95 bits per heavy atom. The van der Waals surface area contributed by atoms with E-state index in [0.29, 0.717) is 40.4 Å². The number of pyridine rings is 1. The Kier molecular flexibility index (Phi) is 7.08. The topological polar surface area (TPSA) is 99.4 Å². The van der Waals surface area contributed by atoms with Crippen molar-refractivity contribution in [2.24, 2.45) is 5.10 Å². The number of aromatic nitrogens is 2. The summed E-state index contributed by atoms with van der Waals surface area (Å²) in [6, 6.07) is 5.78. The average Bonchev–Trinajstić information content (AvgIpc) is 3.19. The zero-order valence-corrected chi connectivity index (χ0v) is 21.1. The molecule has 2 aromatic heterocycles. The molecule has 0 unspecified atom stereocenters. The highest BCUT2D eigenvalue weighted by Crippen LogP contribution is 2.28. The number of hydrogen-bond acceptors (Lipinski definition) is 6. The lowest BCUT2D eigenvalue weighted by molar-refractivity contribution is -0.0471. The summed E-state index contributed by atoms with van der Waals surface area (Å²) in [6.07, 6.45) is 2.61. The van der Waals surface area contributed by atoms with Gasteiger partial charge in [0.15, 0.2) is 0 Å². The molecular weight excluding hydrogens is 540 g/mol. The third kappa shape index (κ3) is 5.07. The van der Waals surface area contributed by atoms with Gasteiger partial charge >= 0.3 is 15.5 Å². The molecule has 0 aliphatic carbocycles. The number of benzene rings is 1. The molecule has 0 spiro atoms. The Bertz CT molecular complexity index is 1510. The van der Waals surface area contributed by atoms with Crippen LogP contribution in [0.2, 0.25) is 5.02 Å². The maximum Gasteiger partial charge on any atom is 0.516 e. The maximum absolute atomic E-state index is 14.8. The third-order valence-electron chi connectivity index (χ3n) is 5.72. The minimum absolute atomic E-state index is 0.0209. The second-order valence-corrected chi connectivity index (χ2v) is 10.5. The van der Waals surface area contributed by atoms with Gasteiger partial charge in [-0.2, -0.15) is 26.7 Å². The Hall–Kier alpha value is -3.39. The molecule has 1 aliphatic rings. The van der Waals surface area contributed by atoms with Crippen molar-refractivity contribution in [2.75, 3.05) is 18.1 Å². The number of halogens is 5. The van der Waals surface area contributed by atoms with E-state index in [-0.39, 0.29) is 23.1 Å². The highest BCUT2D eigenvalue weighted by Gasteiger charge is 2.50. The number of anilines is 1. The van der Waals surface area contributed by atoms with Crippen molar-refractivity contribution in [1.29, 1.82) is 0 Å². The van der Waals surface area contributed by atoms with E-state index < -0.39 is 33.8 Å². The number of rotatable bonds is 6. The SMILES string of the molecule is CCc1nc2cc(C)c(Cl)cn2c1C(=O)NCc1ccc(N2CCN(S(=O)(=O)C(F)(F)F)C=N2)c(F)c1. The van der Waals surface area contributed by atoms with E-state index in [1.165, 1.54) is 12.1 Å². The van der Waals surface area contributed by atoms with Gasteiger partial charge < -0.3 is 5.32 Å². The predicted octanol–water partition coefficient (Wildman–Crippen LogP) is 3.84. The van der Waals surface area contributed by atoms with Crippen LogP contribution in [-0.4, -0.2) is 53.0 Å². The normalized spacial score (nSPS) is 14.5. The molecule has 4 rings (SSSR count). The second-order valence-electron chi connectivity index (χ2n) is 8.18. The van der Waals surface area contributed by atoms with Crippen molar-refractivity contribution in [2.45, 2.75) is 32.3 Å². The molecule has 198 valence electrons. The van der Waals surface area contributed by atoms with Crippen LogP contribution in [0.5, 0.6) is 0 Å². The Balaban J connectivity index is 1.48. The van der Waals surface area contributed by atoms with Gasteiger partial charge in [-0.1, -0.05) is 24.6 Å². The quantitative estimate of drug-likeness (QED) is 0.462. The standard InChI is InChI=1S/C22H21ClF4N6O3S/c1-3-17-20(32-11-15(23)13(2)8-19(32)30-17)21(34)28-10-14-4-5-18(16(24)9-14)33-7-6-31(12-29-33)37(35,36)22(25,26)27/h4-5,8-9,11-12H,3,6-7,10H2,1-2H3,(H,28,34). The van der Waals surface area contributed by atoms with Crippen LogP contribution in [0.15, 0.2) is 35.6 Å². The van der Waals surface area contributed by atoms with E-state index in [2.05, 4.69) is 15.4 Å². The number of imidazole rings is 1. The van der Waals surface area contributed by atoms with Gasteiger partial charge in [0.25, 0.3) is 5.91 Å². The van der Waals surface area contributed by atoms with Crippen molar-refractivity contribution in [3.8, 4) is 0 Å². The summed E-state index contributed by atoms with van der Waals surface area (Å²) >= 11 is 6.22. The fourth-order valence-electron chi connectivity index (χ4n) is 3.76. The number of fused-ring (bicyclic) bond motifs is 1. The Morgan fingerprint density at radius 1 is 1.22 bits per heavy atom. The van der Waals surface area contributed by atoms with Crippen LogP contribution in [0.1, 0.15) is 34.2 Å². The van der Waals surface area contributed by atoms with Crippen molar-refractivity contribution in [3.63, 3.8) is 0 Å². The van der Waals surface area contributed by atoms with Crippen LogP contribution in [-0.2, 0) is 23.0 Å². The fraction of sp³-hybridized carbons (Fsp3) is 0.318. The lowest BCUT2D eigenvalue weighted by atomic mass is 10.1. The first kappa shape index (κ1) is 26.7. The maximum atomic E-state index is 14.8. The summed E-state index contributed by atoms with van der Waals surface area (Å²) in [5.41, 5.74) is -2.83. The minimum Gasteiger partial charge on any atom is -0.347 e. The zero-order chi connectivity index (χ0) is 27.1. The summed E-state index contributed by atoms with van der Waals surface area (Å²) in [6.45, 7) is 2.81. The van der Waals surface area contributed by atoms with E-state index in [1.54, 1.807) is 16.7 Å². The first-order valence-corrected chi connectivity index (χ1v) is 12.8. The monoisotopic (exact) mass is 560 g/mol. The highest BCUT2D eigenvalue weighted by molar-refractivity contribution is 7.90. The number of carbonyl (C=O) groups is 1. The van der Waals surface area contributed by atoms with E-state index in [0.717, 1.165) is 16.6 Å². The van der Waals surface area contributed by atoms with Crippen molar-refractivity contribution in [1.82, 2.24) is 19.0 Å². The lowest BCUT2D eigenvalue weighted by Crippen LogP contribution is -2.46. The fourth-order valence-corrected chi connectivity index (χ4v) is 4.66. The van der Waals surface area contributed by atoms with E-state index >= 15 is 0 Å². The number of alkyl halides is 3. The van der Waals surface area contributed by atoms with Gasteiger partial charge in [-0.05, 0) is 42.7 Å². The average molecular weight is 561 g/mol. The lowest BCUT2D eigenvalue weighted by Gasteiger charge is -2.29. The largest absolute Gasteiger partial charge is 0.516 e. The molecule has 0 bridgehead atoms. The molecule has 3 aromatic rings. The third-order valence-corrected chi connectivity index (χ3v) is 7.60. The number of sulfonamides is 1. The Morgan fingerprint density at radius 3 is 2.54 bits per heavy atom. The molecule has 0 atom stereocenters. The number of carbonyl (C=O) groups excluding carboxylic acids is 1. The van der Waals surface area contributed by atoms with Crippen LogP contribution in [0.3, 0.4) is 0 Å². The van der Waals surface area contributed by atoms with Crippen molar-refractivity contribution >= 4 is 45.2 Å². The van der Waals surface area contributed by atoms with Crippen LogP contribution < -0.4 is 10.3 Å². The first-order valence-electron chi connectivity index (χ1n) is 11.0. The van der Waals surface area contributed by atoms with Crippen LogP contribution >= 0.6 is 11.6 Å². The van der Waals surface area contributed by atoms with Gasteiger partial charge in [0.1, 0.15) is 23.5 Å². The van der Waals surface area contributed by atoms with Crippen LogP contribution in [0.4, 0.5) is 23.2 Å². The van der Waals surface area contributed by atoms with Crippen molar-refractivity contribution in [3.05, 3.63) is 63.8 Å². The van der Waals surface area contributed by atoms with Gasteiger partial charge in [0.2, 0.25) is 0 Å². The number of hydrogen-bond donors (Lipinski definition) is 1. The molecule has 0 radical (unpaired) electrons. The molecule has 37 heavy (non-hydrogen) atoms. The summed E-state index contributed by atoms with van der Waals surface area (Å²) < 4.78 is 77.6. The van der Waals surface area contributed by atoms with E-state index in [1.807, 2.05) is 13.8 Å². The van der Waals surface area contributed by atoms with Crippen LogP contribution in [0, 0.1) is 12.7 Å². The molecule has 1 aliphatic heterocycles. The molecule has 0 saturated heterocycles. The minimum atomic E-state index is -5.57. The number of aryl methyl sites for hydroxylation is 2. The van der Waals surface area contributed by atoms with Crippen molar-refractivity contribution < 1.29 is 30.8 Å². The van der Waals surface area contributed by atoms with Gasteiger partial charge in [0, 0.05) is 12.7 Å². The van der Waals surface area contributed by atoms with E-state index in [4.69, 9.17) is 11.6 Å². The second kappa shape index (κ2) is 9.82. The summed E-state index contributed by atoms with van der Waals surface area (Å²) in [4.78, 5) is 17.5. The first-order chi connectivity index (χ1) is 17.3. The molecule has 9 nitrogen and oxygen atoms in total. The highest BCUT2D eigenvalue weighted by atomic mass is 35.5. The van der Waals surface area contributed by atoms with E-state index in [9.17, 15) is 30.8 Å². The molecule has 1 N–H and O–H groups in total. The van der Waals surface area contributed by atoms with Crippen LogP contribution in [0.25, 0.3) is 5.65 Å². The molecule has 0 saturated carbocycles. The molecule has 1 aromatic carbocycles. The number of amides is 1. The molecule has 1 amide bonds. The van der Waals surface area contributed by atoms with Gasteiger partial charge in [0.05, 0.1) is 29.5 Å². The number of hydrazone groups is 1. The van der Waals surface area contributed by atoms with Gasteiger partial charge in [-0.15, -0.1) is 0 Å².